The van der Waals surface area contributed by atoms with E-state index in [-0.39, 0.29) is 11.7 Å². The van der Waals surface area contributed by atoms with Crippen LogP contribution in [-0.4, -0.2) is 10.7 Å². The topological polar surface area (TPSA) is 29.5 Å². The first-order valence-electron chi connectivity index (χ1n) is 8.52. The van der Waals surface area contributed by atoms with Gasteiger partial charge in [0.1, 0.15) is 11.4 Å². The van der Waals surface area contributed by atoms with E-state index < -0.39 is 0 Å². The zero-order valence-corrected chi connectivity index (χ0v) is 13.8. The third kappa shape index (κ3) is 4.47. The Labute approximate surface area is 129 Å². The SMILES string of the molecule is CCCCCCCCC(O)c1cccc2c1OC(C)(C)C2. The fraction of sp³-hybridized carbons (Fsp3) is 0.684. The molecule has 0 bridgehead atoms. The summed E-state index contributed by atoms with van der Waals surface area (Å²) in [7, 11) is 0. The van der Waals surface area contributed by atoms with E-state index >= 15 is 0 Å². The summed E-state index contributed by atoms with van der Waals surface area (Å²) in [5, 5.41) is 10.5. The summed E-state index contributed by atoms with van der Waals surface area (Å²) in [6, 6.07) is 6.18. The van der Waals surface area contributed by atoms with Gasteiger partial charge in [-0.25, -0.2) is 0 Å². The molecule has 2 rings (SSSR count). The molecule has 1 atom stereocenters. The van der Waals surface area contributed by atoms with E-state index in [0.717, 1.165) is 30.6 Å². The van der Waals surface area contributed by atoms with Crippen molar-refractivity contribution >= 4 is 0 Å². The van der Waals surface area contributed by atoms with Gasteiger partial charge in [0, 0.05) is 12.0 Å². The maximum Gasteiger partial charge on any atom is 0.129 e. The number of aliphatic hydroxyl groups is 1. The van der Waals surface area contributed by atoms with Crippen molar-refractivity contribution in [1.82, 2.24) is 0 Å². The molecule has 1 unspecified atom stereocenters. The Hall–Kier alpha value is -1.02. The largest absolute Gasteiger partial charge is 0.487 e. The second-order valence-corrected chi connectivity index (χ2v) is 6.95. The lowest BCUT2D eigenvalue weighted by atomic mass is 9.97. The molecule has 21 heavy (non-hydrogen) atoms. The van der Waals surface area contributed by atoms with Gasteiger partial charge in [-0.15, -0.1) is 0 Å². The second kappa shape index (κ2) is 7.31. The molecule has 1 heterocycles. The van der Waals surface area contributed by atoms with Gasteiger partial charge in [-0.05, 0) is 25.8 Å². The number of rotatable bonds is 8. The molecule has 1 N–H and O–H groups in total. The minimum atomic E-state index is -0.389. The Balaban J connectivity index is 1.87. The van der Waals surface area contributed by atoms with E-state index in [1.165, 1.54) is 37.7 Å². The number of aliphatic hydroxyl groups excluding tert-OH is 1. The van der Waals surface area contributed by atoms with Gasteiger partial charge in [0.05, 0.1) is 6.10 Å². The van der Waals surface area contributed by atoms with Crippen molar-refractivity contribution in [3.05, 3.63) is 29.3 Å². The van der Waals surface area contributed by atoms with Gasteiger partial charge in [0.25, 0.3) is 0 Å². The van der Waals surface area contributed by atoms with Crippen LogP contribution in [0, 0.1) is 0 Å². The number of hydrogen-bond donors (Lipinski definition) is 1. The first-order valence-corrected chi connectivity index (χ1v) is 8.52. The van der Waals surface area contributed by atoms with Gasteiger partial charge >= 0.3 is 0 Å². The highest BCUT2D eigenvalue weighted by atomic mass is 16.5. The molecule has 1 aromatic carbocycles. The molecule has 2 heteroatoms. The van der Waals surface area contributed by atoms with E-state index in [9.17, 15) is 5.11 Å². The van der Waals surface area contributed by atoms with Crippen LogP contribution in [0.5, 0.6) is 5.75 Å². The van der Waals surface area contributed by atoms with Gasteiger partial charge in [0.15, 0.2) is 0 Å². The number of benzene rings is 1. The van der Waals surface area contributed by atoms with Crippen molar-refractivity contribution in [3.8, 4) is 5.75 Å². The van der Waals surface area contributed by atoms with E-state index in [4.69, 9.17) is 4.74 Å². The Kier molecular flexibility index (Phi) is 5.69. The van der Waals surface area contributed by atoms with Crippen LogP contribution < -0.4 is 4.74 Å². The van der Waals surface area contributed by atoms with Crippen molar-refractivity contribution in [2.45, 2.75) is 83.8 Å². The number of ether oxygens (including phenoxy) is 1. The fourth-order valence-electron chi connectivity index (χ4n) is 3.18. The fourth-order valence-corrected chi connectivity index (χ4v) is 3.18. The monoisotopic (exact) mass is 290 g/mol. The maximum absolute atomic E-state index is 10.5. The first-order chi connectivity index (χ1) is 10.0. The Bertz CT molecular complexity index is 451. The van der Waals surface area contributed by atoms with Gasteiger partial charge in [-0.1, -0.05) is 63.6 Å². The molecule has 0 aliphatic carbocycles. The van der Waals surface area contributed by atoms with Crippen LogP contribution in [0.4, 0.5) is 0 Å². The normalized spacial score (nSPS) is 17.3. The third-order valence-electron chi connectivity index (χ3n) is 4.31. The van der Waals surface area contributed by atoms with Gasteiger partial charge in [-0.3, -0.25) is 0 Å². The predicted molar refractivity (Wildman–Crippen MR) is 87.8 cm³/mol. The average Bonchev–Trinajstić information content (AvgIpc) is 2.75. The minimum Gasteiger partial charge on any atom is -0.487 e. The number of hydrogen-bond acceptors (Lipinski definition) is 2. The highest BCUT2D eigenvalue weighted by Crippen LogP contribution is 2.40. The van der Waals surface area contributed by atoms with E-state index in [1.54, 1.807) is 0 Å². The average molecular weight is 290 g/mol. The third-order valence-corrected chi connectivity index (χ3v) is 4.31. The lowest BCUT2D eigenvalue weighted by Crippen LogP contribution is -2.25. The molecule has 1 aromatic rings. The van der Waals surface area contributed by atoms with Crippen LogP contribution in [0.3, 0.4) is 0 Å². The predicted octanol–water partition coefficient (Wildman–Crippen LogP) is 5.18. The summed E-state index contributed by atoms with van der Waals surface area (Å²) in [5.41, 5.74) is 2.07. The standard InChI is InChI=1S/C19H30O2/c1-4-5-6-7-8-9-13-17(20)16-12-10-11-15-14-19(2,3)21-18(15)16/h10-12,17,20H,4-9,13-14H2,1-3H3. The summed E-state index contributed by atoms with van der Waals surface area (Å²) in [5.74, 6) is 0.931. The molecule has 1 aliphatic rings. The number of unbranched alkanes of at least 4 members (excludes halogenated alkanes) is 5. The molecule has 0 amide bonds. The van der Waals surface area contributed by atoms with Crippen LogP contribution in [0.25, 0.3) is 0 Å². The molecule has 0 fully saturated rings. The number of fused-ring (bicyclic) bond motifs is 1. The molecule has 0 aromatic heterocycles. The summed E-state index contributed by atoms with van der Waals surface area (Å²) in [6.45, 7) is 6.45. The lowest BCUT2D eigenvalue weighted by molar-refractivity contribution is 0.123. The second-order valence-electron chi connectivity index (χ2n) is 6.95. The van der Waals surface area contributed by atoms with Crippen LogP contribution in [0.15, 0.2) is 18.2 Å². The van der Waals surface area contributed by atoms with Gasteiger partial charge < -0.3 is 9.84 Å². The summed E-state index contributed by atoms with van der Waals surface area (Å²) in [6.07, 6.45) is 8.92. The molecular weight excluding hydrogens is 260 g/mol. The van der Waals surface area contributed by atoms with Crippen molar-refractivity contribution in [2.75, 3.05) is 0 Å². The van der Waals surface area contributed by atoms with Gasteiger partial charge in [0.2, 0.25) is 0 Å². The van der Waals surface area contributed by atoms with E-state index in [1.807, 2.05) is 12.1 Å². The molecule has 1 aliphatic heterocycles. The first kappa shape index (κ1) is 16.4. The molecule has 0 saturated carbocycles. The molecule has 2 nitrogen and oxygen atoms in total. The Morgan fingerprint density at radius 3 is 2.62 bits per heavy atom. The summed E-state index contributed by atoms with van der Waals surface area (Å²) >= 11 is 0. The molecular formula is C19H30O2. The van der Waals surface area contributed by atoms with Crippen molar-refractivity contribution in [1.29, 1.82) is 0 Å². The zero-order chi connectivity index (χ0) is 15.3. The van der Waals surface area contributed by atoms with Crippen LogP contribution in [0.2, 0.25) is 0 Å². The zero-order valence-electron chi connectivity index (χ0n) is 13.8. The smallest absolute Gasteiger partial charge is 0.129 e. The lowest BCUT2D eigenvalue weighted by Gasteiger charge is -2.20. The van der Waals surface area contributed by atoms with Crippen LogP contribution in [-0.2, 0) is 6.42 Å². The highest BCUT2D eigenvalue weighted by Gasteiger charge is 2.32. The molecule has 0 radical (unpaired) electrons. The molecule has 0 spiro atoms. The maximum atomic E-state index is 10.5. The van der Waals surface area contributed by atoms with E-state index in [2.05, 4.69) is 26.8 Å². The van der Waals surface area contributed by atoms with Crippen LogP contribution >= 0.6 is 0 Å². The minimum absolute atomic E-state index is 0.141. The van der Waals surface area contributed by atoms with E-state index in [0.29, 0.717) is 0 Å². The highest BCUT2D eigenvalue weighted by molar-refractivity contribution is 5.46. The van der Waals surface area contributed by atoms with Crippen molar-refractivity contribution in [3.63, 3.8) is 0 Å². The summed E-state index contributed by atoms with van der Waals surface area (Å²) < 4.78 is 6.05. The molecule has 118 valence electrons. The van der Waals surface area contributed by atoms with Crippen molar-refractivity contribution in [2.24, 2.45) is 0 Å². The quantitative estimate of drug-likeness (QED) is 0.668. The van der Waals surface area contributed by atoms with Crippen molar-refractivity contribution < 1.29 is 9.84 Å². The number of para-hydroxylation sites is 1. The Morgan fingerprint density at radius 2 is 1.86 bits per heavy atom. The Morgan fingerprint density at radius 1 is 1.14 bits per heavy atom. The van der Waals surface area contributed by atoms with Crippen LogP contribution in [0.1, 0.15) is 82.9 Å². The molecule has 0 saturated heterocycles. The van der Waals surface area contributed by atoms with Gasteiger partial charge in [-0.2, -0.15) is 0 Å². The summed E-state index contributed by atoms with van der Waals surface area (Å²) in [4.78, 5) is 0.